The molecular formula is C13H18N2. The van der Waals surface area contributed by atoms with Crippen molar-refractivity contribution in [2.24, 2.45) is 10.7 Å². The number of amidine groups is 1. The van der Waals surface area contributed by atoms with Gasteiger partial charge in [-0.3, -0.25) is 4.99 Å². The van der Waals surface area contributed by atoms with Crippen LogP contribution in [0, 0.1) is 0 Å². The van der Waals surface area contributed by atoms with Gasteiger partial charge in [-0.2, -0.15) is 0 Å². The summed E-state index contributed by atoms with van der Waals surface area (Å²) >= 11 is 0. The molecule has 2 N–H and O–H groups in total. The van der Waals surface area contributed by atoms with E-state index >= 15 is 0 Å². The fourth-order valence-corrected chi connectivity index (χ4v) is 1.92. The lowest BCUT2D eigenvalue weighted by atomic mass is 10.1. The first-order valence-electron chi connectivity index (χ1n) is 5.68. The largest absolute Gasteiger partial charge is 0.387 e. The summed E-state index contributed by atoms with van der Waals surface area (Å²) in [6.07, 6.45) is 3.17. The van der Waals surface area contributed by atoms with Crippen LogP contribution < -0.4 is 5.73 Å². The molecule has 1 aliphatic carbocycles. The van der Waals surface area contributed by atoms with Crippen LogP contribution in [0.5, 0.6) is 0 Å². The Bertz CT molecular complexity index is 343. The molecule has 2 unspecified atom stereocenters. The zero-order valence-corrected chi connectivity index (χ0v) is 9.19. The Morgan fingerprint density at radius 2 is 2.13 bits per heavy atom. The molecule has 0 saturated heterocycles. The maximum atomic E-state index is 5.82. The SMILES string of the molecule is CCCC(N)=NC1CC1c1ccccc1. The number of rotatable bonds is 4. The molecule has 15 heavy (non-hydrogen) atoms. The van der Waals surface area contributed by atoms with Gasteiger partial charge < -0.3 is 5.73 Å². The quantitative estimate of drug-likeness (QED) is 0.591. The third-order valence-electron chi connectivity index (χ3n) is 2.82. The van der Waals surface area contributed by atoms with Gasteiger partial charge in [-0.15, -0.1) is 0 Å². The van der Waals surface area contributed by atoms with E-state index in [2.05, 4.69) is 42.2 Å². The second-order valence-corrected chi connectivity index (χ2v) is 4.19. The third kappa shape index (κ3) is 2.58. The number of aliphatic imine (C=N–C) groups is 1. The zero-order valence-electron chi connectivity index (χ0n) is 9.19. The lowest BCUT2D eigenvalue weighted by Crippen LogP contribution is -2.12. The summed E-state index contributed by atoms with van der Waals surface area (Å²) in [6, 6.07) is 11.0. The highest BCUT2D eigenvalue weighted by Gasteiger charge is 2.38. The van der Waals surface area contributed by atoms with Crippen LogP contribution in [0.15, 0.2) is 35.3 Å². The lowest BCUT2D eigenvalue weighted by molar-refractivity contribution is 0.933. The molecule has 1 aliphatic rings. The van der Waals surface area contributed by atoms with Crippen molar-refractivity contribution in [1.29, 1.82) is 0 Å². The van der Waals surface area contributed by atoms with Crippen molar-refractivity contribution >= 4 is 5.84 Å². The number of hydrogen-bond donors (Lipinski definition) is 1. The van der Waals surface area contributed by atoms with Gasteiger partial charge in [0.15, 0.2) is 0 Å². The van der Waals surface area contributed by atoms with Crippen molar-refractivity contribution in [3.05, 3.63) is 35.9 Å². The standard InChI is InChI=1S/C13H18N2/c1-2-6-13(14)15-12-9-11(12)10-7-4-3-5-8-10/h3-5,7-8,11-12H,2,6,9H2,1H3,(H2,14,15). The van der Waals surface area contributed by atoms with E-state index < -0.39 is 0 Å². The Balaban J connectivity index is 1.94. The Morgan fingerprint density at radius 3 is 2.80 bits per heavy atom. The van der Waals surface area contributed by atoms with Crippen LogP contribution in [-0.2, 0) is 0 Å². The van der Waals surface area contributed by atoms with Gasteiger partial charge in [-0.05, 0) is 18.4 Å². The van der Waals surface area contributed by atoms with Crippen molar-refractivity contribution in [2.45, 2.75) is 38.1 Å². The van der Waals surface area contributed by atoms with Crippen molar-refractivity contribution in [2.75, 3.05) is 0 Å². The van der Waals surface area contributed by atoms with Crippen LogP contribution in [-0.4, -0.2) is 11.9 Å². The molecular weight excluding hydrogens is 184 g/mol. The topological polar surface area (TPSA) is 38.4 Å². The first-order valence-corrected chi connectivity index (χ1v) is 5.68. The van der Waals surface area contributed by atoms with E-state index in [1.165, 1.54) is 5.56 Å². The van der Waals surface area contributed by atoms with Crippen molar-refractivity contribution < 1.29 is 0 Å². The normalized spacial score (nSPS) is 25.3. The van der Waals surface area contributed by atoms with E-state index in [1.54, 1.807) is 0 Å². The van der Waals surface area contributed by atoms with Gasteiger partial charge in [0, 0.05) is 12.3 Å². The predicted octanol–water partition coefficient (Wildman–Crippen LogP) is 2.70. The average molecular weight is 202 g/mol. The summed E-state index contributed by atoms with van der Waals surface area (Å²) in [4.78, 5) is 4.53. The zero-order chi connectivity index (χ0) is 10.7. The monoisotopic (exact) mass is 202 g/mol. The summed E-state index contributed by atoms with van der Waals surface area (Å²) in [5.41, 5.74) is 7.21. The van der Waals surface area contributed by atoms with Crippen molar-refractivity contribution in [1.82, 2.24) is 0 Å². The minimum atomic E-state index is 0.443. The summed E-state index contributed by atoms with van der Waals surface area (Å²) < 4.78 is 0. The molecule has 0 spiro atoms. The molecule has 2 rings (SSSR count). The molecule has 2 heteroatoms. The summed E-state index contributed by atoms with van der Waals surface area (Å²) in [5.74, 6) is 1.43. The smallest absolute Gasteiger partial charge is 0.0940 e. The Labute approximate surface area is 91.2 Å². The van der Waals surface area contributed by atoms with E-state index in [9.17, 15) is 0 Å². The lowest BCUT2D eigenvalue weighted by Gasteiger charge is -1.99. The fourth-order valence-electron chi connectivity index (χ4n) is 1.92. The van der Waals surface area contributed by atoms with Gasteiger partial charge in [0.25, 0.3) is 0 Å². The maximum absolute atomic E-state index is 5.82. The van der Waals surface area contributed by atoms with Crippen molar-refractivity contribution in [3.8, 4) is 0 Å². The van der Waals surface area contributed by atoms with Gasteiger partial charge in [0.1, 0.15) is 0 Å². The number of nitrogens with zero attached hydrogens (tertiary/aromatic N) is 1. The molecule has 1 saturated carbocycles. The van der Waals surface area contributed by atoms with Gasteiger partial charge >= 0.3 is 0 Å². The van der Waals surface area contributed by atoms with Gasteiger partial charge in [-0.1, -0.05) is 37.3 Å². The molecule has 0 aromatic heterocycles. The molecule has 1 aromatic carbocycles. The van der Waals surface area contributed by atoms with E-state index in [0.717, 1.165) is 25.1 Å². The molecule has 0 amide bonds. The van der Waals surface area contributed by atoms with Gasteiger partial charge in [-0.25, -0.2) is 0 Å². The molecule has 1 aromatic rings. The van der Waals surface area contributed by atoms with E-state index in [0.29, 0.717) is 12.0 Å². The molecule has 2 nitrogen and oxygen atoms in total. The van der Waals surface area contributed by atoms with Crippen LogP contribution in [0.2, 0.25) is 0 Å². The van der Waals surface area contributed by atoms with Crippen LogP contribution in [0.25, 0.3) is 0 Å². The molecule has 1 fully saturated rings. The van der Waals surface area contributed by atoms with Crippen LogP contribution in [0.4, 0.5) is 0 Å². The van der Waals surface area contributed by atoms with E-state index in [4.69, 9.17) is 5.73 Å². The number of benzene rings is 1. The Morgan fingerprint density at radius 1 is 1.40 bits per heavy atom. The highest BCUT2D eigenvalue weighted by molar-refractivity contribution is 5.80. The van der Waals surface area contributed by atoms with Gasteiger partial charge in [0.05, 0.1) is 11.9 Å². The van der Waals surface area contributed by atoms with Crippen LogP contribution in [0.1, 0.15) is 37.7 Å². The third-order valence-corrected chi connectivity index (χ3v) is 2.82. The Hall–Kier alpha value is -1.31. The maximum Gasteiger partial charge on any atom is 0.0940 e. The van der Waals surface area contributed by atoms with Crippen LogP contribution >= 0.6 is 0 Å². The fraction of sp³-hybridized carbons (Fsp3) is 0.462. The van der Waals surface area contributed by atoms with Gasteiger partial charge in [0.2, 0.25) is 0 Å². The van der Waals surface area contributed by atoms with E-state index in [-0.39, 0.29) is 0 Å². The first-order chi connectivity index (χ1) is 7.31. The van der Waals surface area contributed by atoms with E-state index in [1.807, 2.05) is 0 Å². The second-order valence-electron chi connectivity index (χ2n) is 4.19. The van der Waals surface area contributed by atoms with Crippen molar-refractivity contribution in [3.63, 3.8) is 0 Å². The minimum absolute atomic E-state index is 0.443. The molecule has 0 aliphatic heterocycles. The summed E-state index contributed by atoms with van der Waals surface area (Å²) in [5, 5.41) is 0. The molecule has 2 atom stereocenters. The molecule has 0 radical (unpaired) electrons. The number of nitrogens with two attached hydrogens (primary N) is 1. The van der Waals surface area contributed by atoms with Crippen LogP contribution in [0.3, 0.4) is 0 Å². The molecule has 0 heterocycles. The summed E-state index contributed by atoms with van der Waals surface area (Å²) in [7, 11) is 0. The predicted molar refractivity (Wildman–Crippen MR) is 64.1 cm³/mol. The average Bonchev–Trinajstić information content (AvgIpc) is 2.99. The summed E-state index contributed by atoms with van der Waals surface area (Å²) in [6.45, 7) is 2.13. The number of hydrogen-bond acceptors (Lipinski definition) is 1. The minimum Gasteiger partial charge on any atom is -0.387 e. The Kier molecular flexibility index (Phi) is 3.05. The molecule has 0 bridgehead atoms. The molecule has 80 valence electrons. The second kappa shape index (κ2) is 4.47. The first kappa shape index (κ1) is 10.2. The highest BCUT2D eigenvalue weighted by atomic mass is 14.9. The highest BCUT2D eigenvalue weighted by Crippen LogP contribution is 2.43.